The molecule has 0 bridgehead atoms. The van der Waals surface area contributed by atoms with Crippen molar-refractivity contribution in [3.05, 3.63) is 34.3 Å². The van der Waals surface area contributed by atoms with Crippen LogP contribution in [0, 0.1) is 0 Å². The summed E-state index contributed by atoms with van der Waals surface area (Å²) in [5.74, 6) is -0.377. The van der Waals surface area contributed by atoms with Crippen LogP contribution in [-0.4, -0.2) is 32.7 Å². The Balaban J connectivity index is 1.80. The number of carbonyl (C=O) groups excluding carboxylic acids is 1. The van der Waals surface area contributed by atoms with Crippen molar-refractivity contribution in [2.75, 3.05) is 12.3 Å². The Morgan fingerprint density at radius 3 is 2.57 bits per heavy atom. The number of carbonyl (C=O) groups is 1. The number of amides is 1. The highest BCUT2D eigenvalue weighted by Crippen LogP contribution is 2.18. The van der Waals surface area contributed by atoms with E-state index in [1.54, 1.807) is 18.2 Å². The second-order valence-corrected chi connectivity index (χ2v) is 7.88. The number of rotatable bonds is 6. The molecular weight excluding hydrogens is 356 g/mol. The van der Waals surface area contributed by atoms with Gasteiger partial charge in [0.2, 0.25) is 10.0 Å². The zero-order valence-electron chi connectivity index (χ0n) is 11.6. The van der Waals surface area contributed by atoms with Crippen LogP contribution in [-0.2, 0) is 10.0 Å². The molecule has 0 atom stereocenters. The van der Waals surface area contributed by atoms with Crippen LogP contribution < -0.4 is 10.0 Å². The first kappa shape index (κ1) is 16.5. The monoisotopic (exact) mass is 374 g/mol. The zero-order chi connectivity index (χ0) is 15.3. The van der Waals surface area contributed by atoms with E-state index < -0.39 is 10.0 Å². The molecule has 1 aliphatic rings. The molecule has 116 valence electrons. The summed E-state index contributed by atoms with van der Waals surface area (Å²) in [4.78, 5) is 11.9. The third kappa shape index (κ3) is 5.09. The molecule has 1 saturated carbocycles. The van der Waals surface area contributed by atoms with E-state index in [4.69, 9.17) is 0 Å². The Labute approximate surface area is 133 Å². The molecule has 0 aromatic heterocycles. The molecule has 0 radical (unpaired) electrons. The quantitative estimate of drug-likeness (QED) is 0.799. The minimum Gasteiger partial charge on any atom is -0.351 e. The first-order valence-electron chi connectivity index (χ1n) is 7.01. The molecule has 0 saturated heterocycles. The lowest BCUT2D eigenvalue weighted by Crippen LogP contribution is -2.38. The van der Waals surface area contributed by atoms with E-state index in [1.165, 1.54) is 0 Å². The molecule has 0 unspecified atom stereocenters. The summed E-state index contributed by atoms with van der Waals surface area (Å²) < 4.78 is 27.2. The molecule has 0 aliphatic heterocycles. The first-order valence-corrected chi connectivity index (χ1v) is 9.45. The fourth-order valence-electron chi connectivity index (χ4n) is 2.40. The maximum absolute atomic E-state index is 11.9. The van der Waals surface area contributed by atoms with Gasteiger partial charge in [-0.3, -0.25) is 4.79 Å². The minimum absolute atomic E-state index is 0.0639. The van der Waals surface area contributed by atoms with Gasteiger partial charge in [0.25, 0.3) is 5.91 Å². The molecule has 1 fully saturated rings. The molecule has 1 amide bonds. The molecule has 2 N–H and O–H groups in total. The van der Waals surface area contributed by atoms with Crippen molar-refractivity contribution in [1.82, 2.24) is 10.0 Å². The van der Waals surface area contributed by atoms with Crippen molar-refractivity contribution < 1.29 is 13.2 Å². The smallest absolute Gasteiger partial charge is 0.252 e. The zero-order valence-corrected chi connectivity index (χ0v) is 14.0. The number of benzene rings is 1. The number of hydrogen-bond acceptors (Lipinski definition) is 3. The Morgan fingerprint density at radius 1 is 1.24 bits per heavy atom. The van der Waals surface area contributed by atoms with Gasteiger partial charge in [-0.15, -0.1) is 0 Å². The summed E-state index contributed by atoms with van der Waals surface area (Å²) in [5.41, 5.74) is 0.499. The lowest BCUT2D eigenvalue weighted by molar-refractivity contribution is 0.0955. The predicted octanol–water partition coefficient (Wildman–Crippen LogP) is 2.04. The van der Waals surface area contributed by atoms with E-state index >= 15 is 0 Å². The lowest BCUT2D eigenvalue weighted by atomic mass is 10.2. The highest BCUT2D eigenvalue weighted by molar-refractivity contribution is 9.10. The highest BCUT2D eigenvalue weighted by atomic mass is 79.9. The van der Waals surface area contributed by atoms with E-state index in [2.05, 4.69) is 26.0 Å². The van der Waals surface area contributed by atoms with Crippen LogP contribution >= 0.6 is 15.9 Å². The normalized spacial score (nSPS) is 16.0. The Hall–Kier alpha value is -0.920. The van der Waals surface area contributed by atoms with Gasteiger partial charge in [-0.05, 0) is 40.9 Å². The Kier molecular flexibility index (Phi) is 5.78. The number of halogens is 1. The summed E-state index contributed by atoms with van der Waals surface area (Å²) in [5, 5.41) is 2.63. The summed E-state index contributed by atoms with van der Waals surface area (Å²) in [7, 11) is -3.33. The Bertz CT molecular complexity index is 598. The van der Waals surface area contributed by atoms with E-state index in [-0.39, 0.29) is 24.2 Å². The molecule has 1 aliphatic carbocycles. The van der Waals surface area contributed by atoms with Crippen LogP contribution in [0.4, 0.5) is 0 Å². The average Bonchev–Trinajstić information content (AvgIpc) is 2.90. The van der Waals surface area contributed by atoms with Crippen LogP contribution in [0.1, 0.15) is 36.0 Å². The topological polar surface area (TPSA) is 75.3 Å². The summed E-state index contributed by atoms with van der Waals surface area (Å²) in [6.07, 6.45) is 3.96. The number of nitrogens with one attached hydrogen (secondary N) is 2. The third-order valence-electron chi connectivity index (χ3n) is 3.48. The van der Waals surface area contributed by atoms with E-state index in [9.17, 15) is 13.2 Å². The van der Waals surface area contributed by atoms with Crippen molar-refractivity contribution in [2.45, 2.75) is 31.7 Å². The van der Waals surface area contributed by atoms with Gasteiger partial charge in [-0.2, -0.15) is 0 Å². The first-order chi connectivity index (χ1) is 9.98. The molecule has 2 rings (SSSR count). The largest absolute Gasteiger partial charge is 0.351 e. The van der Waals surface area contributed by atoms with Crippen LogP contribution in [0.3, 0.4) is 0 Å². The van der Waals surface area contributed by atoms with E-state index in [0.717, 1.165) is 25.7 Å². The molecule has 1 aromatic rings. The SMILES string of the molecule is O=C(NCCS(=O)(=O)NC1CCCC1)c1ccccc1Br. The second-order valence-electron chi connectivity index (χ2n) is 5.15. The third-order valence-corrected chi connectivity index (χ3v) is 5.60. The lowest BCUT2D eigenvalue weighted by Gasteiger charge is -2.13. The summed E-state index contributed by atoms with van der Waals surface area (Å²) in [6, 6.07) is 7.10. The van der Waals surface area contributed by atoms with Crippen molar-refractivity contribution >= 4 is 31.9 Å². The molecule has 1 aromatic carbocycles. The average molecular weight is 375 g/mol. The van der Waals surface area contributed by atoms with Gasteiger partial charge in [0.05, 0.1) is 11.3 Å². The van der Waals surface area contributed by atoms with Crippen molar-refractivity contribution in [3.63, 3.8) is 0 Å². The van der Waals surface area contributed by atoms with E-state index in [0.29, 0.717) is 10.0 Å². The fraction of sp³-hybridized carbons (Fsp3) is 0.500. The second kappa shape index (κ2) is 7.38. The van der Waals surface area contributed by atoms with Crippen molar-refractivity contribution in [1.29, 1.82) is 0 Å². The molecule has 21 heavy (non-hydrogen) atoms. The van der Waals surface area contributed by atoms with Gasteiger partial charge in [-0.25, -0.2) is 13.1 Å². The van der Waals surface area contributed by atoms with Crippen molar-refractivity contribution in [2.24, 2.45) is 0 Å². The molecular formula is C14H19BrN2O3S. The van der Waals surface area contributed by atoms with Crippen LogP contribution in [0.15, 0.2) is 28.7 Å². The standard InChI is InChI=1S/C14H19BrN2O3S/c15-13-8-4-3-7-12(13)14(18)16-9-10-21(19,20)17-11-5-1-2-6-11/h3-4,7-8,11,17H,1-2,5-6,9-10H2,(H,16,18). The van der Waals surface area contributed by atoms with Crippen LogP contribution in [0.2, 0.25) is 0 Å². The van der Waals surface area contributed by atoms with E-state index in [1.807, 2.05) is 6.07 Å². The maximum Gasteiger partial charge on any atom is 0.252 e. The Morgan fingerprint density at radius 2 is 1.90 bits per heavy atom. The van der Waals surface area contributed by atoms with Crippen LogP contribution in [0.25, 0.3) is 0 Å². The molecule has 5 nitrogen and oxygen atoms in total. The number of hydrogen-bond donors (Lipinski definition) is 2. The van der Waals surface area contributed by atoms with Gasteiger partial charge < -0.3 is 5.32 Å². The molecule has 0 spiro atoms. The predicted molar refractivity (Wildman–Crippen MR) is 85.7 cm³/mol. The minimum atomic E-state index is -3.33. The van der Waals surface area contributed by atoms with Crippen molar-refractivity contribution in [3.8, 4) is 0 Å². The highest BCUT2D eigenvalue weighted by Gasteiger charge is 2.21. The summed E-state index contributed by atoms with van der Waals surface area (Å²) >= 11 is 3.30. The van der Waals surface area contributed by atoms with Gasteiger partial charge in [0.15, 0.2) is 0 Å². The van der Waals surface area contributed by atoms with Gasteiger partial charge in [0.1, 0.15) is 0 Å². The number of sulfonamides is 1. The fourth-order valence-corrected chi connectivity index (χ4v) is 4.09. The summed E-state index contributed by atoms with van der Waals surface area (Å²) in [6.45, 7) is 0.0994. The van der Waals surface area contributed by atoms with Gasteiger partial charge in [0, 0.05) is 17.1 Å². The van der Waals surface area contributed by atoms with Gasteiger partial charge in [-0.1, -0.05) is 25.0 Å². The molecule has 7 heteroatoms. The maximum atomic E-state index is 11.9. The van der Waals surface area contributed by atoms with Crippen LogP contribution in [0.5, 0.6) is 0 Å². The molecule has 0 heterocycles. The van der Waals surface area contributed by atoms with Gasteiger partial charge >= 0.3 is 0 Å².